The van der Waals surface area contributed by atoms with Gasteiger partial charge in [0, 0.05) is 17.3 Å². The van der Waals surface area contributed by atoms with Gasteiger partial charge in [-0.15, -0.1) is 0 Å². The zero-order valence-corrected chi connectivity index (χ0v) is 13.9. The summed E-state index contributed by atoms with van der Waals surface area (Å²) in [5, 5.41) is 6.53. The molecule has 1 aliphatic carbocycles. The summed E-state index contributed by atoms with van der Waals surface area (Å²) in [7, 11) is 1.33. The van der Waals surface area contributed by atoms with Crippen LogP contribution in [0.5, 0.6) is 0 Å². The molecule has 2 N–H and O–H groups in total. The maximum atomic E-state index is 11.7. The van der Waals surface area contributed by atoms with Gasteiger partial charge in [-0.1, -0.05) is 11.6 Å². The number of ether oxygens (including phenoxy) is 1. The van der Waals surface area contributed by atoms with Crippen LogP contribution in [-0.2, 0) is 9.53 Å². The topological polar surface area (TPSA) is 67.4 Å². The first-order valence-electron chi connectivity index (χ1n) is 7.62. The molecule has 0 saturated heterocycles. The number of hydrogen-bond donors (Lipinski definition) is 2. The Morgan fingerprint density at radius 3 is 2.38 bits per heavy atom. The van der Waals surface area contributed by atoms with Crippen molar-refractivity contribution < 1.29 is 14.3 Å². The van der Waals surface area contributed by atoms with Gasteiger partial charge < -0.3 is 15.4 Å². The predicted octanol–water partition coefficient (Wildman–Crippen LogP) is 4.22. The maximum absolute atomic E-state index is 11.7. The average molecular weight is 345 g/mol. The third kappa shape index (κ3) is 3.86. The predicted molar refractivity (Wildman–Crippen MR) is 93.9 cm³/mol. The van der Waals surface area contributed by atoms with E-state index in [1.165, 1.54) is 7.11 Å². The Labute approximate surface area is 145 Å². The number of methoxy groups -OCH3 is 1. The van der Waals surface area contributed by atoms with E-state index in [0.29, 0.717) is 16.3 Å². The lowest BCUT2D eigenvalue weighted by Gasteiger charge is -2.11. The highest BCUT2D eigenvalue weighted by Gasteiger charge is 2.29. The standard InChI is InChI=1S/C18H17ClN2O3/c1-24-18(23)12-4-9-15(19)16(10-12)20-13-5-7-14(8-6-13)21-17(22)11-2-3-11/h4-11,20H,2-3H2,1H3,(H,21,22). The Bertz CT molecular complexity index is 770. The molecule has 2 aromatic carbocycles. The highest BCUT2D eigenvalue weighted by molar-refractivity contribution is 6.33. The number of carbonyl (C=O) groups excluding carboxylic acids is 2. The van der Waals surface area contributed by atoms with Crippen molar-refractivity contribution in [3.05, 3.63) is 53.1 Å². The fraction of sp³-hybridized carbons (Fsp3) is 0.222. The van der Waals surface area contributed by atoms with Crippen molar-refractivity contribution in [1.82, 2.24) is 0 Å². The number of benzene rings is 2. The van der Waals surface area contributed by atoms with Gasteiger partial charge in [-0.3, -0.25) is 4.79 Å². The smallest absolute Gasteiger partial charge is 0.337 e. The van der Waals surface area contributed by atoms with Crippen LogP contribution in [0.1, 0.15) is 23.2 Å². The van der Waals surface area contributed by atoms with Crippen LogP contribution in [0.2, 0.25) is 5.02 Å². The number of rotatable bonds is 5. The largest absolute Gasteiger partial charge is 0.465 e. The van der Waals surface area contributed by atoms with E-state index in [4.69, 9.17) is 16.3 Å². The van der Waals surface area contributed by atoms with E-state index in [2.05, 4.69) is 10.6 Å². The van der Waals surface area contributed by atoms with E-state index in [1.807, 2.05) is 24.3 Å². The molecule has 0 heterocycles. The van der Waals surface area contributed by atoms with E-state index in [-0.39, 0.29) is 11.8 Å². The molecule has 0 spiro atoms. The van der Waals surface area contributed by atoms with Gasteiger partial charge in [-0.25, -0.2) is 4.79 Å². The number of carbonyl (C=O) groups is 2. The molecule has 0 bridgehead atoms. The van der Waals surface area contributed by atoms with Gasteiger partial charge >= 0.3 is 5.97 Å². The molecule has 2 aromatic rings. The summed E-state index contributed by atoms with van der Waals surface area (Å²) in [6.07, 6.45) is 1.95. The number of hydrogen-bond acceptors (Lipinski definition) is 4. The Balaban J connectivity index is 1.71. The van der Waals surface area contributed by atoms with E-state index < -0.39 is 5.97 Å². The molecule has 0 aromatic heterocycles. The van der Waals surface area contributed by atoms with Crippen LogP contribution in [0.25, 0.3) is 0 Å². The second-order valence-electron chi connectivity index (χ2n) is 5.65. The van der Waals surface area contributed by atoms with Crippen LogP contribution in [0.4, 0.5) is 17.1 Å². The van der Waals surface area contributed by atoms with Crippen LogP contribution in [0, 0.1) is 5.92 Å². The monoisotopic (exact) mass is 344 g/mol. The van der Waals surface area contributed by atoms with Crippen LogP contribution in [0.3, 0.4) is 0 Å². The number of amides is 1. The molecule has 0 unspecified atom stereocenters. The van der Waals surface area contributed by atoms with Gasteiger partial charge in [0.1, 0.15) is 0 Å². The second kappa shape index (κ2) is 6.93. The summed E-state index contributed by atoms with van der Waals surface area (Å²) in [6, 6.07) is 12.2. The molecule has 0 aliphatic heterocycles. The van der Waals surface area contributed by atoms with Crippen molar-refractivity contribution in [1.29, 1.82) is 0 Å². The molecule has 1 aliphatic rings. The van der Waals surface area contributed by atoms with Gasteiger partial charge in [-0.05, 0) is 55.3 Å². The Morgan fingerprint density at radius 1 is 1.08 bits per heavy atom. The van der Waals surface area contributed by atoms with E-state index in [0.717, 1.165) is 24.2 Å². The molecule has 1 amide bonds. The van der Waals surface area contributed by atoms with Crippen molar-refractivity contribution in [2.45, 2.75) is 12.8 Å². The number of halogens is 1. The van der Waals surface area contributed by atoms with Crippen LogP contribution in [-0.4, -0.2) is 19.0 Å². The second-order valence-corrected chi connectivity index (χ2v) is 6.06. The highest BCUT2D eigenvalue weighted by Crippen LogP contribution is 2.31. The highest BCUT2D eigenvalue weighted by atomic mass is 35.5. The van der Waals surface area contributed by atoms with Crippen molar-refractivity contribution in [2.24, 2.45) is 5.92 Å². The van der Waals surface area contributed by atoms with Crippen molar-refractivity contribution in [3.63, 3.8) is 0 Å². The molecule has 124 valence electrons. The fourth-order valence-corrected chi connectivity index (χ4v) is 2.41. The van der Waals surface area contributed by atoms with Crippen molar-refractivity contribution in [3.8, 4) is 0 Å². The van der Waals surface area contributed by atoms with E-state index >= 15 is 0 Å². The number of nitrogens with one attached hydrogen (secondary N) is 2. The summed E-state index contributed by atoms with van der Waals surface area (Å²) >= 11 is 6.16. The van der Waals surface area contributed by atoms with Gasteiger partial charge in [0.15, 0.2) is 0 Å². The van der Waals surface area contributed by atoms with Gasteiger partial charge in [0.05, 0.1) is 23.4 Å². The molecule has 6 heteroatoms. The van der Waals surface area contributed by atoms with Crippen LogP contribution < -0.4 is 10.6 Å². The lowest BCUT2D eigenvalue weighted by Crippen LogP contribution is -2.13. The average Bonchev–Trinajstić information content (AvgIpc) is 3.43. The number of anilines is 3. The fourth-order valence-electron chi connectivity index (χ4n) is 2.25. The van der Waals surface area contributed by atoms with Gasteiger partial charge in [-0.2, -0.15) is 0 Å². The first-order valence-corrected chi connectivity index (χ1v) is 8.00. The molecule has 5 nitrogen and oxygen atoms in total. The molecular weight excluding hydrogens is 328 g/mol. The van der Waals surface area contributed by atoms with Crippen molar-refractivity contribution >= 4 is 40.5 Å². The first-order chi connectivity index (χ1) is 11.6. The summed E-state index contributed by atoms with van der Waals surface area (Å²) in [5.74, 6) is -0.181. The minimum Gasteiger partial charge on any atom is -0.465 e. The summed E-state index contributed by atoms with van der Waals surface area (Å²) in [6.45, 7) is 0. The summed E-state index contributed by atoms with van der Waals surface area (Å²) < 4.78 is 4.71. The summed E-state index contributed by atoms with van der Waals surface area (Å²) in [5.41, 5.74) is 2.57. The number of esters is 1. The molecule has 24 heavy (non-hydrogen) atoms. The SMILES string of the molecule is COC(=O)c1ccc(Cl)c(Nc2ccc(NC(=O)C3CC3)cc2)c1. The Hall–Kier alpha value is -2.53. The Morgan fingerprint density at radius 2 is 1.75 bits per heavy atom. The minimum absolute atomic E-state index is 0.0736. The lowest BCUT2D eigenvalue weighted by atomic mass is 10.2. The normalized spacial score (nSPS) is 13.2. The zero-order valence-electron chi connectivity index (χ0n) is 13.1. The van der Waals surface area contributed by atoms with Crippen LogP contribution in [0.15, 0.2) is 42.5 Å². The van der Waals surface area contributed by atoms with Gasteiger partial charge in [0.2, 0.25) is 5.91 Å². The molecule has 3 rings (SSSR count). The minimum atomic E-state index is -0.423. The Kier molecular flexibility index (Phi) is 4.71. The molecule has 1 fully saturated rings. The van der Waals surface area contributed by atoms with E-state index in [9.17, 15) is 9.59 Å². The molecular formula is C18H17ClN2O3. The molecule has 1 saturated carbocycles. The quantitative estimate of drug-likeness (QED) is 0.797. The summed E-state index contributed by atoms with van der Waals surface area (Å²) in [4.78, 5) is 23.3. The van der Waals surface area contributed by atoms with Crippen molar-refractivity contribution in [2.75, 3.05) is 17.7 Å². The van der Waals surface area contributed by atoms with Gasteiger partial charge in [0.25, 0.3) is 0 Å². The van der Waals surface area contributed by atoms with E-state index in [1.54, 1.807) is 18.2 Å². The third-order valence-electron chi connectivity index (χ3n) is 3.77. The van der Waals surface area contributed by atoms with Crippen LogP contribution >= 0.6 is 11.6 Å². The third-order valence-corrected chi connectivity index (χ3v) is 4.10. The molecule has 0 atom stereocenters. The maximum Gasteiger partial charge on any atom is 0.337 e. The molecule has 0 radical (unpaired) electrons. The lowest BCUT2D eigenvalue weighted by molar-refractivity contribution is -0.117. The zero-order chi connectivity index (χ0) is 17.1. The first kappa shape index (κ1) is 16.3.